The van der Waals surface area contributed by atoms with Crippen LogP contribution in [0, 0.1) is 12.7 Å². The highest BCUT2D eigenvalue weighted by atomic mass is 32.1. The summed E-state index contributed by atoms with van der Waals surface area (Å²) in [7, 11) is 0. The fraction of sp³-hybridized carbons (Fsp3) is 0.458. The van der Waals surface area contributed by atoms with Crippen molar-refractivity contribution < 1.29 is 9.18 Å². The van der Waals surface area contributed by atoms with Crippen LogP contribution < -0.4 is 9.80 Å². The van der Waals surface area contributed by atoms with Gasteiger partial charge in [-0.2, -0.15) is 0 Å². The molecule has 0 N–H and O–H groups in total. The molecule has 3 aromatic rings. The SMILES string of the molecule is CCN1CCN(C(=O)c2sc3ncnc(N4CCN(c5ccccc5F)CC4)c3c2C)CC1. The van der Waals surface area contributed by atoms with Gasteiger partial charge in [-0.1, -0.05) is 19.1 Å². The molecule has 7 nitrogen and oxygen atoms in total. The number of thiophene rings is 1. The number of aromatic nitrogens is 2. The lowest BCUT2D eigenvalue weighted by Gasteiger charge is -2.37. The van der Waals surface area contributed by atoms with Crippen LogP contribution in [0.25, 0.3) is 10.2 Å². The Balaban J connectivity index is 1.36. The number of para-hydroxylation sites is 1. The van der Waals surface area contributed by atoms with Gasteiger partial charge in [0.1, 0.15) is 22.8 Å². The number of piperazine rings is 2. The Bertz CT molecular complexity index is 1150. The zero-order chi connectivity index (χ0) is 22.9. The van der Waals surface area contributed by atoms with Crippen molar-refractivity contribution in [3.63, 3.8) is 0 Å². The fourth-order valence-corrected chi connectivity index (χ4v) is 5.89. The zero-order valence-electron chi connectivity index (χ0n) is 19.1. The monoisotopic (exact) mass is 468 g/mol. The maximum Gasteiger partial charge on any atom is 0.264 e. The minimum absolute atomic E-state index is 0.0987. The van der Waals surface area contributed by atoms with Crippen LogP contribution in [0.5, 0.6) is 0 Å². The highest BCUT2D eigenvalue weighted by Gasteiger charge is 2.28. The number of aryl methyl sites for hydroxylation is 1. The number of hydrogen-bond acceptors (Lipinski definition) is 7. The average molecular weight is 469 g/mol. The summed E-state index contributed by atoms with van der Waals surface area (Å²) < 4.78 is 14.2. The number of rotatable bonds is 4. The van der Waals surface area contributed by atoms with E-state index in [1.165, 1.54) is 17.4 Å². The van der Waals surface area contributed by atoms with E-state index >= 15 is 0 Å². The first-order valence-electron chi connectivity index (χ1n) is 11.6. The first-order valence-corrected chi connectivity index (χ1v) is 12.4. The third-order valence-electron chi connectivity index (χ3n) is 6.78. The van der Waals surface area contributed by atoms with Crippen molar-refractivity contribution >= 4 is 39.0 Å². The summed E-state index contributed by atoms with van der Waals surface area (Å²) in [5.74, 6) is 0.783. The molecule has 0 bridgehead atoms. The summed E-state index contributed by atoms with van der Waals surface area (Å²) >= 11 is 1.47. The predicted molar refractivity (Wildman–Crippen MR) is 131 cm³/mol. The van der Waals surface area contributed by atoms with Gasteiger partial charge >= 0.3 is 0 Å². The lowest BCUT2D eigenvalue weighted by molar-refractivity contribution is 0.0647. The van der Waals surface area contributed by atoms with E-state index in [0.29, 0.717) is 18.8 Å². The number of fused-ring (bicyclic) bond motifs is 1. The summed E-state index contributed by atoms with van der Waals surface area (Å²) in [5.41, 5.74) is 1.61. The highest BCUT2D eigenvalue weighted by Crippen LogP contribution is 2.36. The lowest BCUT2D eigenvalue weighted by Crippen LogP contribution is -2.48. The van der Waals surface area contributed by atoms with Crippen LogP contribution in [0.4, 0.5) is 15.9 Å². The fourth-order valence-electron chi connectivity index (χ4n) is 4.77. The molecule has 0 saturated carbocycles. The number of amides is 1. The summed E-state index contributed by atoms with van der Waals surface area (Å²) in [4.78, 5) is 32.7. The number of nitrogens with zero attached hydrogens (tertiary/aromatic N) is 6. The Hall–Kier alpha value is -2.78. The van der Waals surface area contributed by atoms with E-state index in [9.17, 15) is 9.18 Å². The second-order valence-electron chi connectivity index (χ2n) is 8.59. The van der Waals surface area contributed by atoms with E-state index in [4.69, 9.17) is 0 Å². The molecule has 9 heteroatoms. The van der Waals surface area contributed by atoms with Crippen LogP contribution in [0.2, 0.25) is 0 Å². The average Bonchev–Trinajstić information content (AvgIpc) is 3.21. The Kier molecular flexibility index (Phi) is 6.16. The topological polar surface area (TPSA) is 55.8 Å². The smallest absolute Gasteiger partial charge is 0.264 e. The van der Waals surface area contributed by atoms with E-state index in [0.717, 1.165) is 72.3 Å². The van der Waals surface area contributed by atoms with Gasteiger partial charge in [-0.05, 0) is 31.2 Å². The van der Waals surface area contributed by atoms with Gasteiger partial charge in [-0.15, -0.1) is 11.3 Å². The Morgan fingerprint density at radius 2 is 1.70 bits per heavy atom. The van der Waals surface area contributed by atoms with Crippen molar-refractivity contribution in [2.45, 2.75) is 13.8 Å². The molecular formula is C24H29FN6OS. The van der Waals surface area contributed by atoms with Crippen molar-refractivity contribution in [3.05, 3.63) is 46.9 Å². The molecule has 2 aliphatic heterocycles. The van der Waals surface area contributed by atoms with E-state index in [2.05, 4.69) is 31.6 Å². The van der Waals surface area contributed by atoms with Gasteiger partial charge < -0.3 is 19.6 Å². The normalized spacial score (nSPS) is 17.7. The standard InChI is InChI=1S/C24H29FN6OS/c1-3-28-8-10-31(11-9-28)24(32)21-17(2)20-22(26-16-27-23(20)33-21)30-14-12-29(13-15-30)19-7-5-4-6-18(19)25/h4-7,16H,3,8-15H2,1-2H3. The van der Waals surface area contributed by atoms with Gasteiger partial charge in [0, 0.05) is 52.4 Å². The lowest BCUT2D eigenvalue weighted by atomic mass is 10.1. The van der Waals surface area contributed by atoms with Crippen LogP contribution in [0.3, 0.4) is 0 Å². The number of likely N-dealkylation sites (N-methyl/N-ethyl adjacent to an activating group) is 1. The maximum atomic E-state index is 14.2. The molecule has 174 valence electrons. The van der Waals surface area contributed by atoms with Crippen LogP contribution in [0.15, 0.2) is 30.6 Å². The molecule has 33 heavy (non-hydrogen) atoms. The number of benzene rings is 1. The molecule has 0 atom stereocenters. The largest absolute Gasteiger partial charge is 0.366 e. The van der Waals surface area contributed by atoms with Gasteiger partial charge in [0.15, 0.2) is 0 Å². The van der Waals surface area contributed by atoms with E-state index in [1.807, 2.05) is 24.0 Å². The van der Waals surface area contributed by atoms with Crippen molar-refractivity contribution in [3.8, 4) is 0 Å². The summed E-state index contributed by atoms with van der Waals surface area (Å²) in [6, 6.07) is 6.92. The highest BCUT2D eigenvalue weighted by molar-refractivity contribution is 7.20. The second kappa shape index (κ2) is 9.23. The van der Waals surface area contributed by atoms with Crippen LogP contribution in [-0.4, -0.2) is 84.6 Å². The van der Waals surface area contributed by atoms with Gasteiger partial charge in [-0.25, -0.2) is 14.4 Å². The predicted octanol–water partition coefficient (Wildman–Crippen LogP) is 3.24. The molecule has 2 fully saturated rings. The van der Waals surface area contributed by atoms with Crippen LogP contribution >= 0.6 is 11.3 Å². The van der Waals surface area contributed by atoms with Gasteiger partial charge in [-0.3, -0.25) is 4.79 Å². The quantitative estimate of drug-likeness (QED) is 0.586. The van der Waals surface area contributed by atoms with E-state index in [-0.39, 0.29) is 11.7 Å². The number of carbonyl (C=O) groups excluding carboxylic acids is 1. The second-order valence-corrected chi connectivity index (χ2v) is 9.58. The van der Waals surface area contributed by atoms with Crippen molar-refractivity contribution in [1.82, 2.24) is 19.8 Å². The maximum absolute atomic E-state index is 14.2. The number of carbonyl (C=O) groups is 1. The number of hydrogen-bond donors (Lipinski definition) is 0. The molecule has 0 radical (unpaired) electrons. The molecule has 4 heterocycles. The molecule has 1 aromatic carbocycles. The molecule has 0 aliphatic carbocycles. The summed E-state index contributed by atoms with van der Waals surface area (Å²) in [6.07, 6.45) is 1.59. The third kappa shape index (κ3) is 4.15. The zero-order valence-corrected chi connectivity index (χ0v) is 19.9. The van der Waals surface area contributed by atoms with Gasteiger partial charge in [0.05, 0.1) is 16.0 Å². The third-order valence-corrected chi connectivity index (χ3v) is 7.97. The van der Waals surface area contributed by atoms with Gasteiger partial charge in [0.2, 0.25) is 0 Å². The molecule has 0 spiro atoms. The number of halogens is 1. The summed E-state index contributed by atoms with van der Waals surface area (Å²) in [6.45, 7) is 11.4. The summed E-state index contributed by atoms with van der Waals surface area (Å²) in [5, 5.41) is 0.970. The molecule has 5 rings (SSSR count). The molecule has 2 aromatic heterocycles. The molecule has 1 amide bonds. The van der Waals surface area contributed by atoms with E-state index in [1.54, 1.807) is 12.4 Å². The first-order chi connectivity index (χ1) is 16.1. The number of anilines is 2. The first kappa shape index (κ1) is 22.0. The van der Waals surface area contributed by atoms with Gasteiger partial charge in [0.25, 0.3) is 5.91 Å². The molecule has 0 unspecified atom stereocenters. The molecule has 2 saturated heterocycles. The molecular weight excluding hydrogens is 439 g/mol. The minimum Gasteiger partial charge on any atom is -0.366 e. The Morgan fingerprint density at radius 3 is 2.39 bits per heavy atom. The van der Waals surface area contributed by atoms with Crippen molar-refractivity contribution in [2.75, 3.05) is 68.7 Å². The Labute approximate surface area is 197 Å². The van der Waals surface area contributed by atoms with Crippen molar-refractivity contribution in [2.24, 2.45) is 0 Å². The minimum atomic E-state index is -0.188. The van der Waals surface area contributed by atoms with Crippen molar-refractivity contribution in [1.29, 1.82) is 0 Å². The molecule has 2 aliphatic rings. The van der Waals surface area contributed by atoms with E-state index < -0.39 is 0 Å². The Morgan fingerprint density at radius 1 is 1.00 bits per heavy atom. The van der Waals surface area contributed by atoms with Crippen LogP contribution in [-0.2, 0) is 0 Å². The van der Waals surface area contributed by atoms with Crippen LogP contribution in [0.1, 0.15) is 22.2 Å².